The molecule has 0 saturated carbocycles. The molecule has 1 aliphatic heterocycles. The van der Waals surface area contributed by atoms with Crippen LogP contribution in [0.1, 0.15) is 46.5 Å². The highest BCUT2D eigenvalue weighted by atomic mass is 16.5. The second-order valence-electron chi connectivity index (χ2n) is 5.70. The van der Waals surface area contributed by atoms with E-state index in [1.165, 1.54) is 12.8 Å². The fourth-order valence-electron chi connectivity index (χ4n) is 2.40. The van der Waals surface area contributed by atoms with E-state index in [2.05, 4.69) is 24.5 Å². The van der Waals surface area contributed by atoms with Gasteiger partial charge in [-0.05, 0) is 38.1 Å². The third-order valence-electron chi connectivity index (χ3n) is 3.73. The largest absolute Gasteiger partial charge is 0.382 e. The van der Waals surface area contributed by atoms with Crippen LogP contribution in [0.5, 0.6) is 0 Å². The van der Waals surface area contributed by atoms with Crippen molar-refractivity contribution < 1.29 is 9.53 Å². The Labute approximate surface area is 111 Å². The lowest BCUT2D eigenvalue weighted by Gasteiger charge is -2.39. The van der Waals surface area contributed by atoms with Crippen molar-refractivity contribution in [2.75, 3.05) is 26.3 Å². The average molecular weight is 256 g/mol. The fourth-order valence-corrected chi connectivity index (χ4v) is 2.40. The van der Waals surface area contributed by atoms with Crippen LogP contribution in [0, 0.1) is 5.41 Å². The molecule has 0 aromatic rings. The van der Waals surface area contributed by atoms with E-state index in [4.69, 9.17) is 4.74 Å². The quantitative estimate of drug-likeness (QED) is 0.682. The summed E-state index contributed by atoms with van der Waals surface area (Å²) in [5.41, 5.74) is 0.275. The maximum Gasteiger partial charge on any atom is 0.220 e. The van der Waals surface area contributed by atoms with Crippen molar-refractivity contribution in [3.8, 4) is 0 Å². The molecule has 0 spiro atoms. The smallest absolute Gasteiger partial charge is 0.220 e. The van der Waals surface area contributed by atoms with Gasteiger partial charge in [-0.3, -0.25) is 4.79 Å². The number of ether oxygens (including phenoxy) is 1. The molecule has 1 rings (SSSR count). The molecule has 1 heterocycles. The maximum absolute atomic E-state index is 11.7. The van der Waals surface area contributed by atoms with Crippen molar-refractivity contribution in [1.82, 2.24) is 10.6 Å². The molecule has 1 unspecified atom stereocenters. The van der Waals surface area contributed by atoms with Gasteiger partial charge in [0.2, 0.25) is 5.91 Å². The zero-order chi connectivity index (χ0) is 13.4. The van der Waals surface area contributed by atoms with E-state index in [1.54, 1.807) is 0 Å². The minimum absolute atomic E-state index is 0.137. The van der Waals surface area contributed by atoms with Crippen molar-refractivity contribution >= 4 is 5.91 Å². The number of carbonyl (C=O) groups is 1. The highest BCUT2D eigenvalue weighted by Crippen LogP contribution is 2.29. The molecular weight excluding hydrogens is 228 g/mol. The Hall–Kier alpha value is -0.610. The molecule has 1 atom stereocenters. The number of hydrogen-bond acceptors (Lipinski definition) is 3. The first-order chi connectivity index (χ1) is 8.56. The predicted octanol–water partition coefficient (Wildman–Crippen LogP) is 1.70. The third kappa shape index (κ3) is 5.36. The van der Waals surface area contributed by atoms with Gasteiger partial charge >= 0.3 is 0 Å². The van der Waals surface area contributed by atoms with Gasteiger partial charge in [0.25, 0.3) is 0 Å². The Morgan fingerprint density at radius 3 is 2.94 bits per heavy atom. The topological polar surface area (TPSA) is 50.4 Å². The summed E-state index contributed by atoms with van der Waals surface area (Å²) in [7, 11) is 0. The van der Waals surface area contributed by atoms with Crippen LogP contribution in [0.15, 0.2) is 0 Å². The summed E-state index contributed by atoms with van der Waals surface area (Å²) < 4.78 is 5.22. The Morgan fingerprint density at radius 1 is 1.50 bits per heavy atom. The van der Waals surface area contributed by atoms with Crippen molar-refractivity contribution in [2.24, 2.45) is 5.41 Å². The summed E-state index contributed by atoms with van der Waals surface area (Å²) in [4.78, 5) is 11.7. The van der Waals surface area contributed by atoms with Crippen LogP contribution in [0.3, 0.4) is 0 Å². The molecule has 106 valence electrons. The Bertz CT molecular complexity index is 254. The van der Waals surface area contributed by atoms with E-state index < -0.39 is 0 Å². The Balaban J connectivity index is 2.17. The minimum atomic E-state index is 0.137. The molecule has 4 heteroatoms. The van der Waals surface area contributed by atoms with Gasteiger partial charge in [0.1, 0.15) is 0 Å². The van der Waals surface area contributed by atoms with Crippen LogP contribution < -0.4 is 10.6 Å². The van der Waals surface area contributed by atoms with Gasteiger partial charge in [-0.15, -0.1) is 0 Å². The van der Waals surface area contributed by atoms with Gasteiger partial charge in [0.15, 0.2) is 0 Å². The van der Waals surface area contributed by atoms with Crippen LogP contribution >= 0.6 is 0 Å². The summed E-state index contributed by atoms with van der Waals surface area (Å²) in [5.74, 6) is 0.137. The van der Waals surface area contributed by atoms with Crippen molar-refractivity contribution in [3.63, 3.8) is 0 Å². The van der Waals surface area contributed by atoms with E-state index in [0.29, 0.717) is 19.1 Å². The van der Waals surface area contributed by atoms with Crippen molar-refractivity contribution in [3.05, 3.63) is 0 Å². The molecule has 0 aromatic carbocycles. The number of amides is 1. The van der Waals surface area contributed by atoms with E-state index in [-0.39, 0.29) is 11.3 Å². The minimum Gasteiger partial charge on any atom is -0.382 e. The monoisotopic (exact) mass is 256 g/mol. The first-order valence-corrected chi connectivity index (χ1v) is 7.14. The number of carbonyl (C=O) groups excluding carboxylic acids is 1. The fraction of sp³-hybridized carbons (Fsp3) is 0.929. The van der Waals surface area contributed by atoms with E-state index in [0.717, 1.165) is 26.1 Å². The highest BCUT2D eigenvalue weighted by Gasteiger charge is 2.31. The first-order valence-electron chi connectivity index (χ1n) is 7.14. The van der Waals surface area contributed by atoms with Gasteiger partial charge in [-0.1, -0.05) is 13.8 Å². The number of hydrogen-bond donors (Lipinski definition) is 2. The number of piperidine rings is 1. The second-order valence-corrected chi connectivity index (χ2v) is 5.70. The predicted molar refractivity (Wildman–Crippen MR) is 73.5 cm³/mol. The van der Waals surface area contributed by atoms with E-state index in [9.17, 15) is 4.79 Å². The molecule has 1 fully saturated rings. The van der Waals surface area contributed by atoms with Crippen LogP contribution in [-0.4, -0.2) is 38.3 Å². The first kappa shape index (κ1) is 15.4. The summed E-state index contributed by atoms with van der Waals surface area (Å²) in [6.07, 6.45) is 3.82. The molecule has 1 saturated heterocycles. The summed E-state index contributed by atoms with van der Waals surface area (Å²) >= 11 is 0. The summed E-state index contributed by atoms with van der Waals surface area (Å²) in [6.45, 7) is 9.71. The zero-order valence-corrected chi connectivity index (χ0v) is 12.1. The molecule has 2 N–H and O–H groups in total. The summed E-state index contributed by atoms with van der Waals surface area (Å²) in [5, 5.41) is 6.53. The van der Waals surface area contributed by atoms with Crippen LogP contribution in [0.4, 0.5) is 0 Å². The Kier molecular flexibility index (Phi) is 6.65. The molecule has 0 bridgehead atoms. The zero-order valence-electron chi connectivity index (χ0n) is 12.1. The Morgan fingerprint density at radius 2 is 2.28 bits per heavy atom. The van der Waals surface area contributed by atoms with Crippen molar-refractivity contribution in [2.45, 2.75) is 52.5 Å². The maximum atomic E-state index is 11.7. The highest BCUT2D eigenvalue weighted by molar-refractivity contribution is 5.75. The number of nitrogens with one attached hydrogen (secondary N) is 2. The van der Waals surface area contributed by atoms with Gasteiger partial charge in [0.05, 0.1) is 0 Å². The molecule has 1 amide bonds. The van der Waals surface area contributed by atoms with Crippen LogP contribution in [-0.2, 0) is 9.53 Å². The standard InChI is InChI=1S/C14H28N2O2/c1-4-18-10-5-7-13(17)16-11-12-14(2,3)8-6-9-15-12/h12,15H,4-11H2,1-3H3,(H,16,17). The molecule has 1 aliphatic rings. The van der Waals surface area contributed by atoms with Crippen LogP contribution in [0.25, 0.3) is 0 Å². The molecule has 18 heavy (non-hydrogen) atoms. The molecule has 0 aliphatic carbocycles. The van der Waals surface area contributed by atoms with Crippen LogP contribution in [0.2, 0.25) is 0 Å². The molecule has 0 radical (unpaired) electrons. The molecule has 0 aromatic heterocycles. The average Bonchev–Trinajstić information content (AvgIpc) is 2.33. The van der Waals surface area contributed by atoms with Gasteiger partial charge in [-0.25, -0.2) is 0 Å². The lowest BCUT2D eigenvalue weighted by atomic mass is 9.77. The van der Waals surface area contributed by atoms with Gasteiger partial charge in [0, 0.05) is 32.2 Å². The molecule has 4 nitrogen and oxygen atoms in total. The van der Waals surface area contributed by atoms with E-state index >= 15 is 0 Å². The lowest BCUT2D eigenvalue weighted by molar-refractivity contribution is -0.121. The lowest BCUT2D eigenvalue weighted by Crippen LogP contribution is -2.52. The normalized spacial score (nSPS) is 22.7. The summed E-state index contributed by atoms with van der Waals surface area (Å²) in [6, 6.07) is 0.391. The number of rotatable bonds is 7. The van der Waals surface area contributed by atoms with Crippen molar-refractivity contribution in [1.29, 1.82) is 0 Å². The van der Waals surface area contributed by atoms with Gasteiger partial charge in [-0.2, -0.15) is 0 Å². The van der Waals surface area contributed by atoms with E-state index in [1.807, 2.05) is 6.92 Å². The van der Waals surface area contributed by atoms with Gasteiger partial charge < -0.3 is 15.4 Å². The third-order valence-corrected chi connectivity index (χ3v) is 3.73. The second kappa shape index (κ2) is 7.74. The molecular formula is C14H28N2O2. The SMILES string of the molecule is CCOCCCC(=O)NCC1NCCCC1(C)C.